The molecule has 5 heteroatoms. The lowest BCUT2D eigenvalue weighted by Gasteiger charge is -2.06. The largest absolute Gasteiger partial charge is 0.508 e. The van der Waals surface area contributed by atoms with Crippen molar-refractivity contribution in [3.63, 3.8) is 0 Å². The normalized spacial score (nSPS) is 9.95. The molecule has 0 aliphatic heterocycles. The van der Waals surface area contributed by atoms with E-state index in [0.717, 1.165) is 18.4 Å². The summed E-state index contributed by atoms with van der Waals surface area (Å²) in [6.45, 7) is 2.94. The Labute approximate surface area is 113 Å². The number of phenolic OH excluding ortho intramolecular Hbond substituents is 1. The van der Waals surface area contributed by atoms with Gasteiger partial charge in [0.25, 0.3) is 0 Å². The molecule has 1 aromatic rings. The molecule has 104 valence electrons. The highest BCUT2D eigenvalue weighted by Gasteiger charge is 2.11. The summed E-state index contributed by atoms with van der Waals surface area (Å²) < 4.78 is 0. The third-order valence-electron chi connectivity index (χ3n) is 2.66. The summed E-state index contributed by atoms with van der Waals surface area (Å²) in [4.78, 5) is 22.8. The fourth-order valence-electron chi connectivity index (χ4n) is 1.52. The predicted molar refractivity (Wildman–Crippen MR) is 72.7 cm³/mol. The standard InChI is InChI=1S/C14H20N2O3/c1-2-3-9-15-13(18)14(19)16-10-8-11-4-6-12(17)7-5-11/h4-7,17H,2-3,8-10H2,1H3,(H,15,18)(H,16,19). The number of hydrogen-bond acceptors (Lipinski definition) is 3. The molecule has 0 heterocycles. The number of nitrogens with one attached hydrogen (secondary N) is 2. The molecule has 0 fully saturated rings. The fourth-order valence-corrected chi connectivity index (χ4v) is 1.52. The first-order chi connectivity index (χ1) is 9.13. The molecule has 1 rings (SSSR count). The summed E-state index contributed by atoms with van der Waals surface area (Å²) in [5.74, 6) is -0.975. The van der Waals surface area contributed by atoms with Crippen LogP contribution in [0.3, 0.4) is 0 Å². The van der Waals surface area contributed by atoms with E-state index in [2.05, 4.69) is 10.6 Å². The first-order valence-electron chi connectivity index (χ1n) is 6.47. The summed E-state index contributed by atoms with van der Waals surface area (Å²) in [5.41, 5.74) is 0.990. The van der Waals surface area contributed by atoms with E-state index >= 15 is 0 Å². The third kappa shape index (κ3) is 5.90. The summed E-state index contributed by atoms with van der Waals surface area (Å²) in [5, 5.41) is 14.2. The summed E-state index contributed by atoms with van der Waals surface area (Å²) in [6, 6.07) is 6.74. The molecule has 5 nitrogen and oxygen atoms in total. The first kappa shape index (κ1) is 15.0. The van der Waals surface area contributed by atoms with Gasteiger partial charge in [0, 0.05) is 13.1 Å². The van der Waals surface area contributed by atoms with E-state index in [4.69, 9.17) is 5.11 Å². The summed E-state index contributed by atoms with van der Waals surface area (Å²) in [7, 11) is 0. The van der Waals surface area contributed by atoms with Crippen molar-refractivity contribution in [2.45, 2.75) is 26.2 Å². The van der Waals surface area contributed by atoms with Gasteiger partial charge in [-0.2, -0.15) is 0 Å². The van der Waals surface area contributed by atoms with Gasteiger partial charge in [0.2, 0.25) is 0 Å². The topological polar surface area (TPSA) is 78.4 Å². The highest BCUT2D eigenvalue weighted by molar-refractivity contribution is 6.35. The molecule has 0 aromatic heterocycles. The van der Waals surface area contributed by atoms with Crippen LogP contribution >= 0.6 is 0 Å². The highest BCUT2D eigenvalue weighted by atomic mass is 16.3. The van der Waals surface area contributed by atoms with E-state index in [0.29, 0.717) is 19.5 Å². The molecular formula is C14H20N2O3. The van der Waals surface area contributed by atoms with Crippen molar-refractivity contribution >= 4 is 11.8 Å². The van der Waals surface area contributed by atoms with Crippen molar-refractivity contribution < 1.29 is 14.7 Å². The minimum absolute atomic E-state index is 0.211. The molecule has 0 bridgehead atoms. The molecule has 19 heavy (non-hydrogen) atoms. The Bertz CT molecular complexity index is 415. The highest BCUT2D eigenvalue weighted by Crippen LogP contribution is 2.09. The fraction of sp³-hybridized carbons (Fsp3) is 0.429. The Morgan fingerprint density at radius 1 is 1.05 bits per heavy atom. The van der Waals surface area contributed by atoms with Gasteiger partial charge >= 0.3 is 11.8 Å². The number of rotatable bonds is 6. The molecule has 0 radical (unpaired) electrons. The third-order valence-corrected chi connectivity index (χ3v) is 2.66. The van der Waals surface area contributed by atoms with E-state index in [-0.39, 0.29) is 5.75 Å². The lowest BCUT2D eigenvalue weighted by molar-refractivity contribution is -0.139. The molecule has 1 aromatic carbocycles. The van der Waals surface area contributed by atoms with Crippen LogP contribution in [-0.2, 0) is 16.0 Å². The van der Waals surface area contributed by atoms with Gasteiger partial charge < -0.3 is 15.7 Å². The van der Waals surface area contributed by atoms with Crippen molar-refractivity contribution in [2.75, 3.05) is 13.1 Å². The lowest BCUT2D eigenvalue weighted by atomic mass is 10.1. The van der Waals surface area contributed by atoms with E-state index in [1.165, 1.54) is 0 Å². The minimum Gasteiger partial charge on any atom is -0.508 e. The van der Waals surface area contributed by atoms with Gasteiger partial charge in [0.15, 0.2) is 0 Å². The van der Waals surface area contributed by atoms with Crippen LogP contribution in [0, 0.1) is 0 Å². The average molecular weight is 264 g/mol. The molecule has 0 aliphatic rings. The number of benzene rings is 1. The van der Waals surface area contributed by atoms with Gasteiger partial charge in [-0.1, -0.05) is 25.5 Å². The van der Waals surface area contributed by atoms with Gasteiger partial charge in [-0.05, 0) is 30.5 Å². The van der Waals surface area contributed by atoms with Crippen LogP contribution in [0.5, 0.6) is 5.75 Å². The van der Waals surface area contributed by atoms with Crippen LogP contribution in [0.25, 0.3) is 0 Å². The Balaban J connectivity index is 2.23. The quantitative estimate of drug-likeness (QED) is 0.529. The van der Waals surface area contributed by atoms with E-state index in [1.807, 2.05) is 6.92 Å². The number of phenols is 1. The minimum atomic E-state index is -0.602. The molecule has 0 atom stereocenters. The number of carbonyl (C=O) groups is 2. The zero-order valence-electron chi connectivity index (χ0n) is 11.1. The maximum atomic E-state index is 11.4. The number of amides is 2. The van der Waals surface area contributed by atoms with Crippen molar-refractivity contribution in [3.8, 4) is 5.75 Å². The first-order valence-corrected chi connectivity index (χ1v) is 6.47. The summed E-state index contributed by atoms with van der Waals surface area (Å²) in [6.07, 6.45) is 2.46. The van der Waals surface area contributed by atoms with E-state index < -0.39 is 11.8 Å². The van der Waals surface area contributed by atoms with Crippen molar-refractivity contribution in [3.05, 3.63) is 29.8 Å². The molecular weight excluding hydrogens is 244 g/mol. The molecule has 0 saturated carbocycles. The summed E-state index contributed by atoms with van der Waals surface area (Å²) >= 11 is 0. The second kappa shape index (κ2) is 8.13. The number of unbranched alkanes of at least 4 members (excludes halogenated alkanes) is 1. The van der Waals surface area contributed by atoms with E-state index in [9.17, 15) is 9.59 Å². The maximum Gasteiger partial charge on any atom is 0.309 e. The molecule has 0 saturated heterocycles. The molecule has 0 spiro atoms. The average Bonchev–Trinajstić information content (AvgIpc) is 2.41. The van der Waals surface area contributed by atoms with Crippen LogP contribution in [-0.4, -0.2) is 30.0 Å². The molecule has 3 N–H and O–H groups in total. The van der Waals surface area contributed by atoms with Crippen LogP contribution in [0.4, 0.5) is 0 Å². The Morgan fingerprint density at radius 3 is 2.21 bits per heavy atom. The van der Waals surface area contributed by atoms with E-state index in [1.54, 1.807) is 24.3 Å². The molecule has 2 amide bonds. The van der Waals surface area contributed by atoms with Crippen molar-refractivity contribution in [1.82, 2.24) is 10.6 Å². The molecule has 0 unspecified atom stereocenters. The Kier molecular flexibility index (Phi) is 6.43. The van der Waals surface area contributed by atoms with Crippen LogP contribution < -0.4 is 10.6 Å². The smallest absolute Gasteiger partial charge is 0.309 e. The van der Waals surface area contributed by atoms with Gasteiger partial charge in [-0.25, -0.2) is 0 Å². The Morgan fingerprint density at radius 2 is 1.63 bits per heavy atom. The van der Waals surface area contributed by atoms with Crippen LogP contribution in [0.1, 0.15) is 25.3 Å². The second-order valence-corrected chi connectivity index (χ2v) is 4.28. The van der Waals surface area contributed by atoms with Gasteiger partial charge in [0.05, 0.1) is 0 Å². The SMILES string of the molecule is CCCCNC(=O)C(=O)NCCc1ccc(O)cc1. The van der Waals surface area contributed by atoms with Gasteiger partial charge in [-0.15, -0.1) is 0 Å². The zero-order valence-corrected chi connectivity index (χ0v) is 11.1. The lowest BCUT2D eigenvalue weighted by Crippen LogP contribution is -2.40. The number of hydrogen-bond donors (Lipinski definition) is 3. The number of aromatic hydroxyl groups is 1. The predicted octanol–water partition coefficient (Wildman–Crippen LogP) is 0.967. The second-order valence-electron chi connectivity index (χ2n) is 4.28. The number of carbonyl (C=O) groups excluding carboxylic acids is 2. The van der Waals surface area contributed by atoms with Crippen LogP contribution in [0.2, 0.25) is 0 Å². The molecule has 0 aliphatic carbocycles. The van der Waals surface area contributed by atoms with Gasteiger partial charge in [0.1, 0.15) is 5.75 Å². The maximum absolute atomic E-state index is 11.4. The van der Waals surface area contributed by atoms with Crippen molar-refractivity contribution in [1.29, 1.82) is 0 Å². The Hall–Kier alpha value is -2.04. The van der Waals surface area contributed by atoms with Crippen LogP contribution in [0.15, 0.2) is 24.3 Å². The van der Waals surface area contributed by atoms with Crippen molar-refractivity contribution in [2.24, 2.45) is 0 Å². The zero-order chi connectivity index (χ0) is 14.1. The van der Waals surface area contributed by atoms with Gasteiger partial charge in [-0.3, -0.25) is 9.59 Å². The monoisotopic (exact) mass is 264 g/mol.